The van der Waals surface area contributed by atoms with Crippen LogP contribution in [0.2, 0.25) is 0 Å². The molecule has 2 aromatic carbocycles. The van der Waals surface area contributed by atoms with Gasteiger partial charge in [-0.05, 0) is 61.6 Å². The van der Waals surface area contributed by atoms with Crippen molar-refractivity contribution in [3.05, 3.63) is 63.7 Å². The smallest absolute Gasteiger partial charge is 0.338 e. The Morgan fingerprint density at radius 3 is 2.34 bits per heavy atom. The molecule has 1 saturated heterocycles. The number of nitrogens with zero attached hydrogens (tertiary/aromatic N) is 2. The number of esters is 1. The summed E-state index contributed by atoms with van der Waals surface area (Å²) in [6.07, 6.45) is 2.31. The van der Waals surface area contributed by atoms with E-state index in [9.17, 15) is 29.3 Å². The molecule has 2 amide bonds. The maximum atomic E-state index is 12.9. The first-order chi connectivity index (χ1) is 16.7. The molecule has 0 radical (unpaired) electrons. The van der Waals surface area contributed by atoms with Gasteiger partial charge in [0.25, 0.3) is 0 Å². The predicted molar refractivity (Wildman–Crippen MR) is 123 cm³/mol. The van der Waals surface area contributed by atoms with Crippen LogP contribution in [-0.4, -0.2) is 42.2 Å². The number of hydrogen-bond donors (Lipinski definition) is 0. The molecule has 35 heavy (non-hydrogen) atoms. The van der Waals surface area contributed by atoms with E-state index in [1.54, 1.807) is 0 Å². The topological polar surface area (TPSA) is 133 Å². The van der Waals surface area contributed by atoms with Crippen molar-refractivity contribution < 1.29 is 33.6 Å². The second-order valence-electron chi connectivity index (χ2n) is 8.83. The number of rotatable bonds is 7. The molecular formula is C25H24N2O8. The third-order valence-corrected chi connectivity index (χ3v) is 6.58. The highest BCUT2D eigenvalue weighted by Crippen LogP contribution is 2.42. The lowest BCUT2D eigenvalue weighted by molar-refractivity contribution is -0.385. The Kier molecular flexibility index (Phi) is 6.63. The van der Waals surface area contributed by atoms with Gasteiger partial charge in [0.1, 0.15) is 0 Å². The van der Waals surface area contributed by atoms with Gasteiger partial charge < -0.3 is 9.47 Å². The van der Waals surface area contributed by atoms with E-state index in [4.69, 9.17) is 9.47 Å². The number of fused-ring (bicyclic) bond motifs is 1. The summed E-state index contributed by atoms with van der Waals surface area (Å²) in [6.45, 7) is 1.46. The highest BCUT2D eigenvalue weighted by atomic mass is 16.6. The lowest BCUT2D eigenvalue weighted by Crippen LogP contribution is -2.30. The fraction of sp³-hybridized carbons (Fsp3) is 0.360. The molecule has 0 unspecified atom stereocenters. The van der Waals surface area contributed by atoms with Crippen molar-refractivity contribution in [1.82, 2.24) is 0 Å². The SMILES string of the molecule is COc1ccc(C(=O)COC(=O)c2ccc(N3C(=O)[C@H]4C[C@H](C)CC[C@H]4C3=O)cc2)cc1[N+](=O)[O-]. The van der Waals surface area contributed by atoms with Gasteiger partial charge in [0.05, 0.1) is 35.1 Å². The fourth-order valence-corrected chi connectivity index (χ4v) is 4.69. The van der Waals surface area contributed by atoms with E-state index in [2.05, 4.69) is 6.92 Å². The van der Waals surface area contributed by atoms with Crippen LogP contribution in [0.25, 0.3) is 0 Å². The lowest BCUT2D eigenvalue weighted by atomic mass is 9.76. The second kappa shape index (κ2) is 9.65. The van der Waals surface area contributed by atoms with Gasteiger partial charge in [-0.2, -0.15) is 0 Å². The Hall–Kier alpha value is -4.08. The van der Waals surface area contributed by atoms with Crippen LogP contribution in [0.1, 0.15) is 46.9 Å². The minimum atomic E-state index is -0.783. The largest absolute Gasteiger partial charge is 0.490 e. The molecule has 2 aromatic rings. The number of nitro benzene ring substituents is 1. The number of ether oxygens (including phenoxy) is 2. The number of benzene rings is 2. The average Bonchev–Trinajstić information content (AvgIpc) is 3.10. The van der Waals surface area contributed by atoms with E-state index < -0.39 is 23.3 Å². The van der Waals surface area contributed by atoms with Crippen LogP contribution in [0.5, 0.6) is 5.75 Å². The highest BCUT2D eigenvalue weighted by molar-refractivity contribution is 6.22. The van der Waals surface area contributed by atoms with Crippen molar-refractivity contribution in [3.8, 4) is 5.75 Å². The van der Waals surface area contributed by atoms with Gasteiger partial charge in [-0.1, -0.05) is 6.92 Å². The summed E-state index contributed by atoms with van der Waals surface area (Å²) in [5.74, 6) is -1.99. The Bertz CT molecular complexity index is 1210. The fourth-order valence-electron chi connectivity index (χ4n) is 4.69. The van der Waals surface area contributed by atoms with E-state index in [1.807, 2.05) is 0 Å². The van der Waals surface area contributed by atoms with Gasteiger partial charge >= 0.3 is 11.7 Å². The number of carbonyl (C=O) groups is 4. The maximum Gasteiger partial charge on any atom is 0.338 e. The van der Waals surface area contributed by atoms with Gasteiger partial charge in [0, 0.05) is 11.6 Å². The summed E-state index contributed by atoms with van der Waals surface area (Å²) in [7, 11) is 1.28. The first-order valence-electron chi connectivity index (χ1n) is 11.2. The number of methoxy groups -OCH3 is 1. The van der Waals surface area contributed by atoms with Crippen molar-refractivity contribution in [2.75, 3.05) is 18.6 Å². The van der Waals surface area contributed by atoms with E-state index >= 15 is 0 Å². The molecule has 4 rings (SSSR count). The molecule has 0 spiro atoms. The molecule has 0 bridgehead atoms. The van der Waals surface area contributed by atoms with Crippen LogP contribution < -0.4 is 9.64 Å². The van der Waals surface area contributed by atoms with Crippen LogP contribution in [-0.2, 0) is 14.3 Å². The van der Waals surface area contributed by atoms with E-state index in [-0.39, 0.29) is 46.2 Å². The number of amides is 2. The number of anilines is 1. The van der Waals surface area contributed by atoms with Gasteiger partial charge in [-0.3, -0.25) is 29.4 Å². The molecule has 1 heterocycles. The summed E-state index contributed by atoms with van der Waals surface area (Å²) < 4.78 is 9.97. The summed E-state index contributed by atoms with van der Waals surface area (Å²) in [6, 6.07) is 9.55. The Labute approximate surface area is 201 Å². The van der Waals surface area contributed by atoms with Crippen molar-refractivity contribution in [2.45, 2.75) is 26.2 Å². The quantitative estimate of drug-likeness (QED) is 0.193. The minimum Gasteiger partial charge on any atom is -0.490 e. The number of Topliss-reactive ketones (excluding diaryl/α,β-unsaturated/α-hetero) is 1. The van der Waals surface area contributed by atoms with Crippen molar-refractivity contribution in [1.29, 1.82) is 0 Å². The monoisotopic (exact) mass is 480 g/mol. The van der Waals surface area contributed by atoms with E-state index in [1.165, 1.54) is 48.4 Å². The molecule has 0 aromatic heterocycles. The zero-order valence-electron chi connectivity index (χ0n) is 19.3. The Morgan fingerprint density at radius 2 is 1.69 bits per heavy atom. The Morgan fingerprint density at radius 1 is 1.03 bits per heavy atom. The highest BCUT2D eigenvalue weighted by Gasteiger charge is 2.49. The van der Waals surface area contributed by atoms with E-state index in [0.29, 0.717) is 24.4 Å². The molecule has 182 valence electrons. The number of hydrogen-bond acceptors (Lipinski definition) is 8. The summed E-state index contributed by atoms with van der Waals surface area (Å²) in [5, 5.41) is 11.1. The third-order valence-electron chi connectivity index (χ3n) is 6.58. The van der Waals surface area contributed by atoms with Crippen molar-refractivity contribution in [3.63, 3.8) is 0 Å². The molecule has 2 fully saturated rings. The standard InChI is InChI=1S/C25H24N2O8/c1-14-3-9-18-19(11-14)24(30)26(23(18)29)17-7-4-15(5-8-17)25(31)35-13-21(28)16-6-10-22(34-2)20(12-16)27(32)33/h4-8,10,12,14,18-19H,3,9,11,13H2,1-2H3/t14-,18-,19+/m1/s1. The summed E-state index contributed by atoms with van der Waals surface area (Å²) in [5.41, 5.74) is 0.149. The van der Waals surface area contributed by atoms with Crippen LogP contribution in [0.3, 0.4) is 0 Å². The normalized spacial score (nSPS) is 21.4. The molecule has 3 atom stereocenters. The number of nitro groups is 1. The zero-order chi connectivity index (χ0) is 25.3. The van der Waals surface area contributed by atoms with Crippen LogP contribution in [0.15, 0.2) is 42.5 Å². The third kappa shape index (κ3) is 4.64. The number of imide groups is 1. The van der Waals surface area contributed by atoms with Gasteiger partial charge in [0.2, 0.25) is 17.6 Å². The van der Waals surface area contributed by atoms with Gasteiger partial charge in [-0.25, -0.2) is 4.79 Å². The predicted octanol–water partition coefficient (Wildman–Crippen LogP) is 3.57. The minimum absolute atomic E-state index is 0.00231. The number of ketones is 1. The van der Waals surface area contributed by atoms with Crippen molar-refractivity contribution in [2.24, 2.45) is 17.8 Å². The van der Waals surface area contributed by atoms with Gasteiger partial charge in [-0.15, -0.1) is 0 Å². The molecular weight excluding hydrogens is 456 g/mol. The lowest BCUT2D eigenvalue weighted by Gasteiger charge is -2.25. The van der Waals surface area contributed by atoms with Crippen LogP contribution >= 0.6 is 0 Å². The van der Waals surface area contributed by atoms with E-state index in [0.717, 1.165) is 12.5 Å². The molecule has 1 aliphatic heterocycles. The second-order valence-corrected chi connectivity index (χ2v) is 8.83. The Balaban J connectivity index is 1.40. The van der Waals surface area contributed by atoms with Gasteiger partial charge in [0.15, 0.2) is 12.4 Å². The molecule has 10 nitrogen and oxygen atoms in total. The zero-order valence-corrected chi connectivity index (χ0v) is 19.3. The average molecular weight is 480 g/mol. The first-order valence-corrected chi connectivity index (χ1v) is 11.2. The maximum absolute atomic E-state index is 12.9. The molecule has 10 heteroatoms. The van der Waals surface area contributed by atoms with Crippen LogP contribution in [0, 0.1) is 27.9 Å². The summed E-state index contributed by atoms with van der Waals surface area (Å²) >= 11 is 0. The summed E-state index contributed by atoms with van der Waals surface area (Å²) in [4.78, 5) is 62.1. The molecule has 1 aliphatic carbocycles. The first kappa shape index (κ1) is 24.1. The van der Waals surface area contributed by atoms with Crippen molar-refractivity contribution >= 4 is 34.9 Å². The van der Waals surface area contributed by atoms with Crippen LogP contribution in [0.4, 0.5) is 11.4 Å². The number of carbonyl (C=O) groups excluding carboxylic acids is 4. The molecule has 0 N–H and O–H groups in total. The molecule has 1 saturated carbocycles. The molecule has 2 aliphatic rings.